The van der Waals surface area contributed by atoms with Gasteiger partial charge in [0.25, 0.3) is 0 Å². The summed E-state index contributed by atoms with van der Waals surface area (Å²) < 4.78 is 0. The highest BCUT2D eigenvalue weighted by molar-refractivity contribution is 5.78. The molecule has 0 aliphatic carbocycles. The molecule has 0 radical (unpaired) electrons. The zero-order valence-corrected chi connectivity index (χ0v) is 23.7. The molecule has 0 aromatic carbocycles. The van der Waals surface area contributed by atoms with Gasteiger partial charge in [0.1, 0.15) is 12.0 Å². The molecule has 10 nitrogen and oxygen atoms in total. The molecule has 3 aliphatic rings. The lowest BCUT2D eigenvalue weighted by Gasteiger charge is -2.36. The van der Waals surface area contributed by atoms with Crippen LogP contribution in [0.15, 0.2) is 40.8 Å². The predicted molar refractivity (Wildman–Crippen MR) is 152 cm³/mol. The number of carbonyl (C=O) groups is 1. The van der Waals surface area contributed by atoms with Crippen LogP contribution in [0.1, 0.15) is 44.7 Å². The first kappa shape index (κ1) is 29.4. The summed E-state index contributed by atoms with van der Waals surface area (Å²) >= 11 is 0. The van der Waals surface area contributed by atoms with Crippen molar-refractivity contribution in [1.82, 2.24) is 35.9 Å². The number of nitrogens with one attached hydrogen (secondary N) is 5. The van der Waals surface area contributed by atoms with Crippen molar-refractivity contribution in [3.63, 3.8) is 0 Å². The van der Waals surface area contributed by atoms with Gasteiger partial charge in [0.05, 0.1) is 18.2 Å². The molecule has 1 atom stereocenters. The van der Waals surface area contributed by atoms with Crippen LogP contribution in [-0.2, 0) is 4.79 Å². The molecule has 1 unspecified atom stereocenters. The number of nitriles is 1. The molecular formula is C28H45N9O. The molecule has 3 aliphatic heterocycles. The topological polar surface area (TPSA) is 124 Å². The number of anilines is 1. The van der Waals surface area contributed by atoms with E-state index in [9.17, 15) is 10.1 Å². The van der Waals surface area contributed by atoms with Crippen molar-refractivity contribution in [3.05, 3.63) is 46.5 Å². The summed E-state index contributed by atoms with van der Waals surface area (Å²) in [5.74, 6) is 1.89. The van der Waals surface area contributed by atoms with Gasteiger partial charge in [-0.3, -0.25) is 15.2 Å². The van der Waals surface area contributed by atoms with E-state index < -0.39 is 0 Å². The van der Waals surface area contributed by atoms with Crippen LogP contribution in [0, 0.1) is 24.2 Å². The standard InChI is InChI=1S/C19H28N8O.C9H17N/c1-12-8-17(26-25-12)23-16-9-14(15(10-20)19(22-3)24-16)13-4-6-27(7-5-13)18(28)11-21-2;1-3-5-9-6-4-7-10(2)8-9/h8-9,13,19,21-22,24H,4-7,11H2,1-3H3,(H2,23,25,26);6H,3-5,7-8H2,1-2H3. The average Bonchev–Trinajstić information content (AvgIpc) is 3.33. The highest BCUT2D eigenvalue weighted by Gasteiger charge is 2.30. The zero-order valence-electron chi connectivity index (χ0n) is 23.7. The number of likely N-dealkylation sites (tertiary alicyclic amines) is 1. The fourth-order valence-corrected chi connectivity index (χ4v) is 5.23. The van der Waals surface area contributed by atoms with E-state index in [1.54, 1.807) is 12.6 Å². The lowest BCUT2D eigenvalue weighted by Crippen LogP contribution is -2.47. The first-order chi connectivity index (χ1) is 18.4. The quantitative estimate of drug-likeness (QED) is 0.329. The number of rotatable bonds is 8. The van der Waals surface area contributed by atoms with Crippen LogP contribution >= 0.6 is 0 Å². The average molecular weight is 524 g/mol. The molecule has 4 heterocycles. The molecule has 1 amide bonds. The third-order valence-electron chi connectivity index (χ3n) is 7.18. The SMILES string of the molecule is CCCC1=CCCN(C)C1.CNCC(=O)N1CCC(C2=C(C#N)C(NC)NC(Nc3cc(C)[nH]n3)=C2)CC1. The number of H-pyrrole nitrogens is 1. The van der Waals surface area contributed by atoms with Crippen molar-refractivity contribution in [2.24, 2.45) is 5.92 Å². The van der Waals surface area contributed by atoms with Crippen LogP contribution in [-0.4, -0.2) is 85.9 Å². The number of nitrogens with zero attached hydrogens (tertiary/aromatic N) is 4. The number of hydrogen-bond donors (Lipinski definition) is 5. The van der Waals surface area contributed by atoms with Gasteiger partial charge in [-0.1, -0.05) is 25.0 Å². The number of dihydropyridines is 1. The highest BCUT2D eigenvalue weighted by atomic mass is 16.2. The molecule has 0 saturated carbocycles. The van der Waals surface area contributed by atoms with E-state index in [1.165, 1.54) is 32.4 Å². The molecule has 1 aromatic rings. The van der Waals surface area contributed by atoms with Gasteiger partial charge in [-0.15, -0.1) is 0 Å². The summed E-state index contributed by atoms with van der Waals surface area (Å²) in [5, 5.41) is 29.5. The number of hydrogen-bond acceptors (Lipinski definition) is 8. The van der Waals surface area contributed by atoms with Crippen LogP contribution in [0.25, 0.3) is 0 Å². The third kappa shape index (κ3) is 8.18. The van der Waals surface area contributed by atoms with Gasteiger partial charge < -0.3 is 25.8 Å². The number of aryl methyl sites for hydroxylation is 1. The van der Waals surface area contributed by atoms with Crippen molar-refractivity contribution >= 4 is 11.7 Å². The minimum atomic E-state index is -0.267. The molecular weight excluding hydrogens is 478 g/mol. The van der Waals surface area contributed by atoms with Crippen molar-refractivity contribution in [2.75, 3.05) is 59.2 Å². The second kappa shape index (κ2) is 14.7. The minimum absolute atomic E-state index is 0.126. The molecule has 0 spiro atoms. The Morgan fingerprint density at radius 3 is 2.61 bits per heavy atom. The Balaban J connectivity index is 0.000000336. The van der Waals surface area contributed by atoms with Gasteiger partial charge in [-0.25, -0.2) is 0 Å². The summed E-state index contributed by atoms with van der Waals surface area (Å²) in [5.41, 5.74) is 4.33. The molecule has 5 N–H and O–H groups in total. The Bertz CT molecular complexity index is 1060. The van der Waals surface area contributed by atoms with Gasteiger partial charge in [0, 0.05) is 37.9 Å². The van der Waals surface area contributed by atoms with Crippen LogP contribution < -0.4 is 21.3 Å². The molecule has 1 fully saturated rings. The van der Waals surface area contributed by atoms with E-state index in [0.717, 1.165) is 35.7 Å². The Hall–Kier alpha value is -3.13. The van der Waals surface area contributed by atoms with Crippen LogP contribution in [0.2, 0.25) is 0 Å². The molecule has 10 heteroatoms. The molecule has 4 rings (SSSR count). The monoisotopic (exact) mass is 523 g/mol. The zero-order chi connectivity index (χ0) is 27.5. The number of allylic oxidation sites excluding steroid dienone is 2. The smallest absolute Gasteiger partial charge is 0.236 e. The van der Waals surface area contributed by atoms with Gasteiger partial charge >= 0.3 is 0 Å². The van der Waals surface area contributed by atoms with Gasteiger partial charge in [0.15, 0.2) is 5.82 Å². The van der Waals surface area contributed by atoms with Crippen molar-refractivity contribution < 1.29 is 4.79 Å². The van der Waals surface area contributed by atoms with Crippen LogP contribution in [0.4, 0.5) is 5.82 Å². The number of likely N-dealkylation sites (N-methyl/N-ethyl adjacent to an activating group) is 3. The number of amides is 1. The Morgan fingerprint density at radius 2 is 2.03 bits per heavy atom. The Labute approximate surface area is 227 Å². The molecule has 1 aromatic heterocycles. The lowest BCUT2D eigenvalue weighted by molar-refractivity contribution is -0.131. The predicted octanol–water partition coefficient (Wildman–Crippen LogP) is 2.45. The maximum absolute atomic E-state index is 12.1. The van der Waals surface area contributed by atoms with Gasteiger partial charge in [-0.05, 0) is 71.3 Å². The number of carbonyl (C=O) groups excluding carboxylic acids is 1. The fourth-order valence-electron chi connectivity index (χ4n) is 5.23. The maximum Gasteiger partial charge on any atom is 0.236 e. The van der Waals surface area contributed by atoms with E-state index >= 15 is 0 Å². The normalized spacial score (nSPS) is 20.5. The summed E-state index contributed by atoms with van der Waals surface area (Å²) in [4.78, 5) is 16.4. The second-order valence-corrected chi connectivity index (χ2v) is 10.3. The summed E-state index contributed by atoms with van der Waals surface area (Å²) in [6, 6.07) is 4.29. The highest BCUT2D eigenvalue weighted by Crippen LogP contribution is 2.31. The molecule has 0 bridgehead atoms. The van der Waals surface area contributed by atoms with Crippen LogP contribution in [0.5, 0.6) is 0 Å². The summed E-state index contributed by atoms with van der Waals surface area (Å²) in [6.07, 6.45) is 9.68. The first-order valence-electron chi connectivity index (χ1n) is 13.8. The molecule has 38 heavy (non-hydrogen) atoms. The van der Waals surface area contributed by atoms with E-state index in [-0.39, 0.29) is 18.0 Å². The molecule has 1 saturated heterocycles. The van der Waals surface area contributed by atoms with Gasteiger partial charge in [-0.2, -0.15) is 10.4 Å². The largest absolute Gasteiger partial charge is 0.352 e. The second-order valence-electron chi connectivity index (χ2n) is 10.3. The maximum atomic E-state index is 12.1. The number of aromatic amines is 1. The van der Waals surface area contributed by atoms with Crippen LogP contribution in [0.3, 0.4) is 0 Å². The minimum Gasteiger partial charge on any atom is -0.352 e. The Morgan fingerprint density at radius 1 is 1.26 bits per heavy atom. The van der Waals surface area contributed by atoms with Crippen molar-refractivity contribution in [3.8, 4) is 6.07 Å². The van der Waals surface area contributed by atoms with Crippen molar-refractivity contribution in [1.29, 1.82) is 5.26 Å². The lowest BCUT2D eigenvalue weighted by atomic mass is 9.84. The third-order valence-corrected chi connectivity index (χ3v) is 7.18. The number of piperidine rings is 1. The molecule has 208 valence electrons. The first-order valence-corrected chi connectivity index (χ1v) is 13.8. The van der Waals surface area contributed by atoms with E-state index in [1.807, 2.05) is 31.0 Å². The summed E-state index contributed by atoms with van der Waals surface area (Å²) in [7, 11) is 5.80. The number of aromatic nitrogens is 2. The summed E-state index contributed by atoms with van der Waals surface area (Å²) in [6.45, 7) is 8.41. The van der Waals surface area contributed by atoms with Gasteiger partial charge in [0.2, 0.25) is 5.91 Å². The van der Waals surface area contributed by atoms with Crippen molar-refractivity contribution in [2.45, 2.75) is 52.1 Å². The fraction of sp³-hybridized carbons (Fsp3) is 0.607. The van der Waals surface area contributed by atoms with E-state index in [4.69, 9.17) is 0 Å². The Kier molecular flexibility index (Phi) is 11.4. The van der Waals surface area contributed by atoms with E-state index in [2.05, 4.69) is 62.5 Å². The van der Waals surface area contributed by atoms with E-state index in [0.29, 0.717) is 25.2 Å².